The number of amides is 1. The second-order valence-electron chi connectivity index (χ2n) is 14.5. The van der Waals surface area contributed by atoms with Gasteiger partial charge in [0.15, 0.2) is 0 Å². The SMILES string of the molecule is Cc1cc(CCCCc2c(C(=O)N3CCN(c4cc(C(=O)O)ccn4)CC3)n(Cc3cccnc3)c3c(-c4c(C)nn(C)c4C)c(Cl)ccc23)cc(C)c1Cl. The first-order chi connectivity index (χ1) is 26.4. The molecule has 7 rings (SSSR count). The Morgan fingerprint density at radius 2 is 1.58 bits per heavy atom. The lowest BCUT2D eigenvalue weighted by Gasteiger charge is -2.35. The predicted molar refractivity (Wildman–Crippen MR) is 219 cm³/mol. The van der Waals surface area contributed by atoms with E-state index in [1.165, 1.54) is 17.8 Å². The molecular formula is C43H45Cl2N7O3. The van der Waals surface area contributed by atoms with Crippen LogP contribution in [-0.2, 0) is 26.4 Å². The molecule has 1 saturated heterocycles. The summed E-state index contributed by atoms with van der Waals surface area (Å²) in [4.78, 5) is 39.6. The number of carboxylic acid groups (broad SMARTS) is 1. The number of aryl methyl sites for hydroxylation is 6. The number of nitrogens with zero attached hydrogens (tertiary/aromatic N) is 7. The summed E-state index contributed by atoms with van der Waals surface area (Å²) in [5.74, 6) is -0.459. The molecular weight excluding hydrogens is 733 g/mol. The molecule has 6 aromatic rings. The standard InChI is InChI=1S/C43H45Cl2N7O3/c1-26-21-30(22-27(2)39(26)45)9-6-7-11-33-34-12-13-35(44)38(37-28(3)48-49(5)29(37)4)40(34)52(25-31-10-8-15-46-24-31)41(33)42(53)51-19-17-50(18-20-51)36-23-32(43(54)55)14-16-47-36/h8,10,12-16,21-24H,6-7,9,11,17-20,25H2,1-5H3,(H,54,55). The highest BCUT2D eigenvalue weighted by Gasteiger charge is 2.32. The number of aromatic nitrogens is 5. The van der Waals surface area contributed by atoms with Gasteiger partial charge < -0.3 is 19.5 Å². The molecule has 2 aromatic carbocycles. The minimum atomic E-state index is -0.999. The van der Waals surface area contributed by atoms with Crippen molar-refractivity contribution in [1.29, 1.82) is 0 Å². The molecule has 1 fully saturated rings. The number of aromatic carboxylic acids is 1. The molecule has 1 aliphatic rings. The third-order valence-electron chi connectivity index (χ3n) is 10.8. The van der Waals surface area contributed by atoms with Gasteiger partial charge in [-0.15, -0.1) is 0 Å². The first-order valence-corrected chi connectivity index (χ1v) is 19.4. The fourth-order valence-corrected chi connectivity index (χ4v) is 8.38. The van der Waals surface area contributed by atoms with E-state index in [4.69, 9.17) is 28.3 Å². The fraction of sp³-hybridized carbons (Fsp3) is 0.326. The average molecular weight is 779 g/mol. The maximum Gasteiger partial charge on any atom is 0.335 e. The number of hydrogen-bond acceptors (Lipinski definition) is 6. The Morgan fingerprint density at radius 3 is 2.24 bits per heavy atom. The van der Waals surface area contributed by atoms with Gasteiger partial charge in [0.25, 0.3) is 5.91 Å². The van der Waals surface area contributed by atoms with Crippen molar-refractivity contribution >= 4 is 51.8 Å². The number of anilines is 1. The summed E-state index contributed by atoms with van der Waals surface area (Å²) in [5.41, 5.74) is 10.8. The van der Waals surface area contributed by atoms with E-state index in [1.807, 2.05) is 73.6 Å². The zero-order chi connectivity index (χ0) is 39.0. The van der Waals surface area contributed by atoms with Crippen molar-refractivity contribution in [2.24, 2.45) is 7.05 Å². The lowest BCUT2D eigenvalue weighted by Crippen LogP contribution is -2.49. The highest BCUT2D eigenvalue weighted by Crippen LogP contribution is 2.43. The fourth-order valence-electron chi connectivity index (χ4n) is 8.02. The number of pyridine rings is 2. The molecule has 1 aliphatic heterocycles. The third kappa shape index (κ3) is 7.58. The van der Waals surface area contributed by atoms with E-state index in [-0.39, 0.29) is 11.5 Å². The molecule has 12 heteroatoms. The van der Waals surface area contributed by atoms with Gasteiger partial charge in [-0.2, -0.15) is 5.10 Å². The molecule has 0 unspecified atom stereocenters. The van der Waals surface area contributed by atoms with E-state index in [9.17, 15) is 9.90 Å². The molecule has 4 aromatic heterocycles. The van der Waals surface area contributed by atoms with E-state index >= 15 is 4.79 Å². The molecule has 0 aliphatic carbocycles. The second-order valence-corrected chi connectivity index (χ2v) is 15.3. The Balaban J connectivity index is 1.32. The monoisotopic (exact) mass is 777 g/mol. The molecule has 0 spiro atoms. The van der Waals surface area contributed by atoms with Crippen LogP contribution >= 0.6 is 23.2 Å². The third-order valence-corrected chi connectivity index (χ3v) is 11.7. The van der Waals surface area contributed by atoms with Gasteiger partial charge in [-0.1, -0.05) is 47.5 Å². The molecule has 1 N–H and O–H groups in total. The van der Waals surface area contributed by atoms with E-state index in [1.54, 1.807) is 12.3 Å². The number of carbonyl (C=O) groups is 2. The van der Waals surface area contributed by atoms with Gasteiger partial charge in [0.05, 0.1) is 21.8 Å². The van der Waals surface area contributed by atoms with Crippen LogP contribution in [0.4, 0.5) is 5.82 Å². The second kappa shape index (κ2) is 15.9. The van der Waals surface area contributed by atoms with Crippen molar-refractivity contribution in [1.82, 2.24) is 29.2 Å². The number of fused-ring (bicyclic) bond motifs is 1. The van der Waals surface area contributed by atoms with Crippen LogP contribution < -0.4 is 4.90 Å². The van der Waals surface area contributed by atoms with E-state index in [0.717, 1.165) is 80.0 Å². The Labute approximate surface area is 331 Å². The summed E-state index contributed by atoms with van der Waals surface area (Å²) < 4.78 is 4.04. The molecule has 284 valence electrons. The Kier molecular flexibility index (Phi) is 11.0. The topological polar surface area (TPSA) is 109 Å². The number of benzene rings is 2. The number of halogens is 2. The molecule has 0 radical (unpaired) electrons. The van der Waals surface area contributed by atoms with Crippen LogP contribution in [-0.4, -0.2) is 72.4 Å². The van der Waals surface area contributed by atoms with Crippen molar-refractivity contribution in [2.75, 3.05) is 31.1 Å². The first-order valence-electron chi connectivity index (χ1n) is 18.6. The molecule has 0 atom stereocenters. The summed E-state index contributed by atoms with van der Waals surface area (Å²) >= 11 is 13.7. The lowest BCUT2D eigenvalue weighted by molar-refractivity contribution is 0.0695. The van der Waals surface area contributed by atoms with E-state index in [2.05, 4.69) is 32.7 Å². The van der Waals surface area contributed by atoms with Gasteiger partial charge in [-0.05, 0) is 105 Å². The summed E-state index contributed by atoms with van der Waals surface area (Å²) in [7, 11) is 1.94. The normalized spacial score (nSPS) is 13.2. The van der Waals surface area contributed by atoms with E-state index < -0.39 is 5.97 Å². The van der Waals surface area contributed by atoms with Gasteiger partial charge in [-0.25, -0.2) is 9.78 Å². The summed E-state index contributed by atoms with van der Waals surface area (Å²) in [6.45, 7) is 10.5. The number of rotatable bonds is 11. The van der Waals surface area contributed by atoms with Gasteiger partial charge in [0.1, 0.15) is 11.5 Å². The quantitative estimate of drug-likeness (QED) is 0.131. The molecule has 10 nitrogen and oxygen atoms in total. The minimum Gasteiger partial charge on any atom is -0.478 e. The lowest BCUT2D eigenvalue weighted by atomic mass is 9.96. The molecule has 0 saturated carbocycles. The average Bonchev–Trinajstić information content (AvgIpc) is 3.62. The number of carbonyl (C=O) groups excluding carboxylic acids is 1. The van der Waals surface area contributed by atoms with Crippen LogP contribution in [0.1, 0.15) is 72.9 Å². The maximum absolute atomic E-state index is 15.1. The molecule has 0 bridgehead atoms. The highest BCUT2D eigenvalue weighted by atomic mass is 35.5. The van der Waals surface area contributed by atoms with Crippen LogP contribution in [0.5, 0.6) is 0 Å². The predicted octanol–water partition coefficient (Wildman–Crippen LogP) is 8.65. The maximum atomic E-state index is 15.1. The number of carboxylic acids is 1. The van der Waals surface area contributed by atoms with Crippen LogP contribution in [0.3, 0.4) is 0 Å². The molecule has 1 amide bonds. The number of hydrogen-bond donors (Lipinski definition) is 1. The summed E-state index contributed by atoms with van der Waals surface area (Å²) in [5, 5.41) is 16.7. The van der Waals surface area contributed by atoms with Gasteiger partial charge >= 0.3 is 5.97 Å². The minimum absolute atomic E-state index is 0.0485. The zero-order valence-corrected chi connectivity index (χ0v) is 33.4. The van der Waals surface area contributed by atoms with Crippen molar-refractivity contribution in [3.8, 4) is 11.1 Å². The van der Waals surface area contributed by atoms with Crippen molar-refractivity contribution < 1.29 is 14.7 Å². The Bertz CT molecular complexity index is 2390. The smallest absolute Gasteiger partial charge is 0.335 e. The van der Waals surface area contributed by atoms with Crippen molar-refractivity contribution in [2.45, 2.75) is 59.9 Å². The Hall–Kier alpha value is -5.19. The highest BCUT2D eigenvalue weighted by molar-refractivity contribution is 6.35. The molecule has 5 heterocycles. The summed E-state index contributed by atoms with van der Waals surface area (Å²) in [6.07, 6.45) is 8.52. The first kappa shape index (κ1) is 38.1. The van der Waals surface area contributed by atoms with Crippen molar-refractivity contribution in [3.63, 3.8) is 0 Å². The Morgan fingerprint density at radius 1 is 0.855 bits per heavy atom. The van der Waals surface area contributed by atoms with Crippen LogP contribution in [0.15, 0.2) is 67.1 Å². The largest absolute Gasteiger partial charge is 0.478 e. The van der Waals surface area contributed by atoms with Crippen molar-refractivity contribution in [3.05, 3.63) is 128 Å². The van der Waals surface area contributed by atoms with Crippen LogP contribution in [0, 0.1) is 27.7 Å². The van der Waals surface area contributed by atoms with Gasteiger partial charge in [0.2, 0.25) is 0 Å². The summed E-state index contributed by atoms with van der Waals surface area (Å²) in [6, 6.07) is 15.4. The van der Waals surface area contributed by atoms with Crippen LogP contribution in [0.2, 0.25) is 10.0 Å². The zero-order valence-electron chi connectivity index (χ0n) is 31.9. The number of piperazine rings is 1. The van der Waals surface area contributed by atoms with E-state index in [0.29, 0.717) is 55.7 Å². The molecule has 55 heavy (non-hydrogen) atoms. The number of unbranched alkanes of at least 4 members (excludes halogenated alkanes) is 1. The van der Waals surface area contributed by atoms with Gasteiger partial charge in [0, 0.05) is 85.6 Å². The van der Waals surface area contributed by atoms with Crippen LogP contribution in [0.25, 0.3) is 22.0 Å². The van der Waals surface area contributed by atoms with Gasteiger partial charge in [-0.3, -0.25) is 14.5 Å².